The number of amides is 1. The van der Waals surface area contributed by atoms with Crippen LogP contribution in [-0.4, -0.2) is 34.5 Å². The first-order valence-corrected chi connectivity index (χ1v) is 11.0. The molecule has 1 amide bonds. The molecule has 0 heterocycles. The van der Waals surface area contributed by atoms with Crippen molar-refractivity contribution in [3.63, 3.8) is 0 Å². The van der Waals surface area contributed by atoms with E-state index in [4.69, 9.17) is 4.74 Å². The van der Waals surface area contributed by atoms with Crippen LogP contribution in [0.5, 0.6) is 5.75 Å². The van der Waals surface area contributed by atoms with E-state index in [0.29, 0.717) is 24.4 Å². The van der Waals surface area contributed by atoms with E-state index in [9.17, 15) is 13.2 Å². The molecule has 3 aromatic rings. The Labute approximate surface area is 177 Å². The van der Waals surface area contributed by atoms with Crippen LogP contribution < -0.4 is 14.4 Å². The molecule has 0 unspecified atom stereocenters. The van der Waals surface area contributed by atoms with Crippen molar-refractivity contribution in [2.45, 2.75) is 11.3 Å². The van der Waals surface area contributed by atoms with Crippen LogP contribution >= 0.6 is 0 Å². The summed E-state index contributed by atoms with van der Waals surface area (Å²) < 4.78 is 32.7. The zero-order valence-electron chi connectivity index (χ0n) is 16.7. The molecule has 30 heavy (non-hydrogen) atoms. The highest BCUT2D eigenvalue weighted by Crippen LogP contribution is 2.25. The number of methoxy groups -OCH3 is 1. The summed E-state index contributed by atoms with van der Waals surface area (Å²) in [5.41, 5.74) is 1.49. The molecule has 0 aliphatic carbocycles. The van der Waals surface area contributed by atoms with Gasteiger partial charge in [-0.05, 0) is 48.4 Å². The van der Waals surface area contributed by atoms with Gasteiger partial charge in [0.25, 0.3) is 10.0 Å². The first-order valence-electron chi connectivity index (χ1n) is 9.53. The van der Waals surface area contributed by atoms with Crippen molar-refractivity contribution in [2.75, 3.05) is 24.5 Å². The molecule has 0 spiro atoms. The monoisotopic (exact) mass is 424 g/mol. The second kappa shape index (κ2) is 9.93. The molecule has 3 aromatic carbocycles. The van der Waals surface area contributed by atoms with Crippen molar-refractivity contribution in [1.82, 2.24) is 5.32 Å². The van der Waals surface area contributed by atoms with Gasteiger partial charge in [-0.1, -0.05) is 48.5 Å². The number of rotatable bonds is 9. The topological polar surface area (TPSA) is 75.7 Å². The summed E-state index contributed by atoms with van der Waals surface area (Å²) in [6.07, 6.45) is 0.667. The SMILES string of the molecule is COc1ccc(N(CC(=O)NCCc2ccccc2)S(=O)(=O)c2ccccc2)cc1. The van der Waals surface area contributed by atoms with Gasteiger partial charge in [0.1, 0.15) is 12.3 Å². The van der Waals surface area contributed by atoms with Gasteiger partial charge < -0.3 is 10.1 Å². The van der Waals surface area contributed by atoms with Crippen molar-refractivity contribution >= 4 is 21.6 Å². The Morgan fingerprint density at radius 1 is 0.900 bits per heavy atom. The first-order chi connectivity index (χ1) is 14.5. The quantitative estimate of drug-likeness (QED) is 0.572. The molecule has 156 valence electrons. The molecule has 1 N–H and O–H groups in total. The average Bonchev–Trinajstić information content (AvgIpc) is 2.79. The van der Waals surface area contributed by atoms with E-state index in [1.165, 1.54) is 19.2 Å². The van der Waals surface area contributed by atoms with Gasteiger partial charge in [-0.15, -0.1) is 0 Å². The number of anilines is 1. The zero-order valence-corrected chi connectivity index (χ0v) is 17.5. The highest BCUT2D eigenvalue weighted by Gasteiger charge is 2.27. The van der Waals surface area contributed by atoms with E-state index < -0.39 is 10.0 Å². The largest absolute Gasteiger partial charge is 0.497 e. The molecule has 7 heteroatoms. The van der Waals surface area contributed by atoms with Crippen molar-refractivity contribution in [3.8, 4) is 5.75 Å². The summed E-state index contributed by atoms with van der Waals surface area (Å²) in [5, 5.41) is 2.81. The van der Waals surface area contributed by atoms with Crippen LogP contribution in [0.3, 0.4) is 0 Å². The molecule has 3 rings (SSSR count). The number of carbonyl (C=O) groups is 1. The predicted octanol–water partition coefficient (Wildman–Crippen LogP) is 3.25. The molecule has 6 nitrogen and oxygen atoms in total. The first kappa shape index (κ1) is 21.4. The number of sulfonamides is 1. The Hall–Kier alpha value is -3.32. The smallest absolute Gasteiger partial charge is 0.264 e. The third kappa shape index (κ3) is 5.39. The van der Waals surface area contributed by atoms with Crippen LogP contribution in [0.25, 0.3) is 0 Å². The Kier molecular flexibility index (Phi) is 7.08. The lowest BCUT2D eigenvalue weighted by molar-refractivity contribution is -0.119. The minimum Gasteiger partial charge on any atom is -0.497 e. The van der Waals surface area contributed by atoms with Crippen molar-refractivity contribution < 1.29 is 17.9 Å². The molecule has 0 aliphatic rings. The maximum Gasteiger partial charge on any atom is 0.264 e. The maximum absolute atomic E-state index is 13.2. The summed E-state index contributed by atoms with van der Waals surface area (Å²) in [5.74, 6) is 0.226. The Balaban J connectivity index is 1.77. The van der Waals surface area contributed by atoms with Crippen molar-refractivity contribution in [1.29, 1.82) is 0 Å². The number of nitrogens with one attached hydrogen (secondary N) is 1. The van der Waals surface area contributed by atoms with Gasteiger partial charge in [-0.2, -0.15) is 0 Å². The summed E-state index contributed by atoms with van der Waals surface area (Å²) in [7, 11) is -2.38. The molecular formula is C23H24N2O4S. The number of carbonyl (C=O) groups excluding carboxylic acids is 1. The van der Waals surface area contributed by atoms with Gasteiger partial charge in [0, 0.05) is 6.54 Å². The molecule has 0 fully saturated rings. The number of hydrogen-bond donors (Lipinski definition) is 1. The Morgan fingerprint density at radius 2 is 1.50 bits per heavy atom. The normalized spacial score (nSPS) is 11.0. The second-order valence-electron chi connectivity index (χ2n) is 6.61. The summed E-state index contributed by atoms with van der Waals surface area (Å²) in [6, 6.07) is 24.4. The summed E-state index contributed by atoms with van der Waals surface area (Å²) in [4.78, 5) is 12.7. The minimum atomic E-state index is -3.91. The molecule has 0 aliphatic heterocycles. The second-order valence-corrected chi connectivity index (χ2v) is 8.47. The van der Waals surface area contributed by atoms with Crippen LogP contribution in [0.4, 0.5) is 5.69 Å². The number of nitrogens with zero attached hydrogens (tertiary/aromatic N) is 1. The fraction of sp³-hybridized carbons (Fsp3) is 0.174. The van der Waals surface area contributed by atoms with Crippen LogP contribution in [0, 0.1) is 0 Å². The molecular weight excluding hydrogens is 400 g/mol. The van der Waals surface area contributed by atoms with Gasteiger partial charge in [-0.3, -0.25) is 9.10 Å². The lowest BCUT2D eigenvalue weighted by atomic mass is 10.1. The average molecular weight is 425 g/mol. The van der Waals surface area contributed by atoms with Crippen LogP contribution in [0.1, 0.15) is 5.56 Å². The van der Waals surface area contributed by atoms with Gasteiger partial charge in [0.05, 0.1) is 17.7 Å². The van der Waals surface area contributed by atoms with Gasteiger partial charge in [0.2, 0.25) is 5.91 Å². The van der Waals surface area contributed by atoms with E-state index in [-0.39, 0.29) is 17.3 Å². The lowest BCUT2D eigenvalue weighted by Gasteiger charge is -2.24. The zero-order chi connectivity index (χ0) is 21.4. The standard InChI is InChI=1S/C23H24N2O4S/c1-29-21-14-12-20(13-15-21)25(30(27,28)22-10-6-3-7-11-22)18-23(26)24-17-16-19-8-4-2-5-9-19/h2-15H,16-18H2,1H3,(H,24,26). The maximum atomic E-state index is 13.2. The van der Waals surface area contributed by atoms with Crippen LogP contribution in [0.15, 0.2) is 89.8 Å². The molecule has 0 radical (unpaired) electrons. The molecule has 0 bridgehead atoms. The lowest BCUT2D eigenvalue weighted by Crippen LogP contribution is -2.41. The third-order valence-corrected chi connectivity index (χ3v) is 6.35. The number of ether oxygens (including phenoxy) is 1. The Bertz CT molecular complexity index is 1050. The number of hydrogen-bond acceptors (Lipinski definition) is 4. The molecule has 0 aromatic heterocycles. The van der Waals surface area contributed by atoms with Crippen LogP contribution in [-0.2, 0) is 21.2 Å². The van der Waals surface area contributed by atoms with Gasteiger partial charge >= 0.3 is 0 Å². The molecule has 0 atom stereocenters. The summed E-state index contributed by atoms with van der Waals surface area (Å²) >= 11 is 0. The van der Waals surface area contributed by atoms with E-state index in [2.05, 4.69) is 5.32 Å². The minimum absolute atomic E-state index is 0.123. The van der Waals surface area contributed by atoms with Crippen LogP contribution in [0.2, 0.25) is 0 Å². The van der Waals surface area contributed by atoms with E-state index in [1.807, 2.05) is 30.3 Å². The fourth-order valence-electron chi connectivity index (χ4n) is 2.96. The highest BCUT2D eigenvalue weighted by atomic mass is 32.2. The molecule has 0 saturated heterocycles. The van der Waals surface area contributed by atoms with E-state index >= 15 is 0 Å². The van der Waals surface area contributed by atoms with Gasteiger partial charge in [-0.25, -0.2) is 8.42 Å². The fourth-order valence-corrected chi connectivity index (χ4v) is 4.40. The highest BCUT2D eigenvalue weighted by molar-refractivity contribution is 7.92. The van der Waals surface area contributed by atoms with Crippen molar-refractivity contribution in [3.05, 3.63) is 90.5 Å². The van der Waals surface area contributed by atoms with E-state index in [0.717, 1.165) is 9.87 Å². The van der Waals surface area contributed by atoms with Crippen molar-refractivity contribution in [2.24, 2.45) is 0 Å². The summed E-state index contributed by atoms with van der Waals surface area (Å²) in [6.45, 7) is 0.100. The molecule has 0 saturated carbocycles. The predicted molar refractivity (Wildman–Crippen MR) is 117 cm³/mol. The van der Waals surface area contributed by atoms with E-state index in [1.54, 1.807) is 42.5 Å². The third-order valence-electron chi connectivity index (χ3n) is 4.56. The number of benzene rings is 3. The Morgan fingerprint density at radius 3 is 2.10 bits per heavy atom. The van der Waals surface area contributed by atoms with Gasteiger partial charge in [0.15, 0.2) is 0 Å².